The van der Waals surface area contributed by atoms with Crippen molar-refractivity contribution in [3.63, 3.8) is 0 Å². The van der Waals surface area contributed by atoms with Gasteiger partial charge in [0.2, 0.25) is 0 Å². The van der Waals surface area contributed by atoms with Gasteiger partial charge in [0.25, 0.3) is 17.7 Å². The van der Waals surface area contributed by atoms with E-state index in [4.69, 9.17) is 0 Å². The third-order valence-corrected chi connectivity index (χ3v) is 7.19. The molecule has 3 amide bonds. The van der Waals surface area contributed by atoms with Gasteiger partial charge in [0.1, 0.15) is 0 Å². The number of rotatable bonds is 3. The summed E-state index contributed by atoms with van der Waals surface area (Å²) >= 11 is 1.60. The average Bonchev–Trinajstić information content (AvgIpc) is 3.41. The maximum Gasteiger partial charge on any atom is 0.261 e. The van der Waals surface area contributed by atoms with E-state index >= 15 is 0 Å². The first kappa shape index (κ1) is 19.2. The minimum absolute atomic E-state index is 0.00996. The SMILES string of the molecule is O=C(c1ccc2c(c1)C(=O)N(C1CCCCC1)C2=O)N1CCN(c2nccs2)CC1. The molecule has 1 aromatic heterocycles. The number of carbonyl (C=O) groups excluding carboxylic acids is 3. The molecule has 2 aromatic rings. The molecular formula is C22H24N4O3S. The van der Waals surface area contributed by atoms with Crippen molar-refractivity contribution in [2.45, 2.75) is 38.1 Å². The first-order valence-corrected chi connectivity index (χ1v) is 11.5. The van der Waals surface area contributed by atoms with Crippen LogP contribution in [0.25, 0.3) is 0 Å². The van der Waals surface area contributed by atoms with Gasteiger partial charge in [0, 0.05) is 49.4 Å². The van der Waals surface area contributed by atoms with Crippen LogP contribution in [0.5, 0.6) is 0 Å². The lowest BCUT2D eigenvalue weighted by Gasteiger charge is -2.34. The lowest BCUT2D eigenvalue weighted by Crippen LogP contribution is -2.48. The second-order valence-corrected chi connectivity index (χ2v) is 9.00. The molecule has 2 fully saturated rings. The van der Waals surface area contributed by atoms with Gasteiger partial charge in [-0.05, 0) is 31.0 Å². The minimum Gasteiger partial charge on any atom is -0.345 e. The standard InChI is InChI=1S/C22H24N4O3S/c27-19(24-9-11-25(12-10-24)22-23-8-13-30-22)15-6-7-17-18(14-15)21(29)26(20(17)28)16-4-2-1-3-5-16/h6-8,13-14,16H,1-5,9-12H2. The van der Waals surface area contributed by atoms with Crippen LogP contribution in [0.2, 0.25) is 0 Å². The molecule has 8 heteroatoms. The summed E-state index contributed by atoms with van der Waals surface area (Å²) in [7, 11) is 0. The van der Waals surface area contributed by atoms with Crippen LogP contribution in [-0.2, 0) is 0 Å². The predicted molar refractivity (Wildman–Crippen MR) is 114 cm³/mol. The lowest BCUT2D eigenvalue weighted by atomic mass is 9.94. The van der Waals surface area contributed by atoms with Crippen LogP contribution in [0, 0.1) is 0 Å². The first-order valence-electron chi connectivity index (χ1n) is 10.6. The van der Waals surface area contributed by atoms with Crippen LogP contribution >= 0.6 is 11.3 Å². The number of aromatic nitrogens is 1. The zero-order valence-electron chi connectivity index (χ0n) is 16.7. The minimum atomic E-state index is -0.245. The molecule has 1 aliphatic carbocycles. The largest absolute Gasteiger partial charge is 0.345 e. The molecule has 1 saturated carbocycles. The van der Waals surface area contributed by atoms with Gasteiger partial charge in [-0.25, -0.2) is 4.98 Å². The highest BCUT2D eigenvalue weighted by molar-refractivity contribution is 7.13. The fourth-order valence-electron chi connectivity index (χ4n) is 4.72. The van der Waals surface area contributed by atoms with Crippen LogP contribution in [-0.4, -0.2) is 64.7 Å². The molecule has 156 valence electrons. The van der Waals surface area contributed by atoms with E-state index in [9.17, 15) is 14.4 Å². The van der Waals surface area contributed by atoms with Gasteiger partial charge in [-0.1, -0.05) is 19.3 Å². The molecule has 0 spiro atoms. The number of piperazine rings is 1. The van der Waals surface area contributed by atoms with Crippen molar-refractivity contribution in [3.05, 3.63) is 46.5 Å². The van der Waals surface area contributed by atoms with Gasteiger partial charge in [0.05, 0.1) is 11.1 Å². The van der Waals surface area contributed by atoms with Crippen LogP contribution < -0.4 is 4.90 Å². The summed E-state index contributed by atoms with van der Waals surface area (Å²) in [5.74, 6) is -0.545. The zero-order valence-corrected chi connectivity index (χ0v) is 17.6. The van der Waals surface area contributed by atoms with Crippen LogP contribution in [0.3, 0.4) is 0 Å². The molecule has 1 saturated heterocycles. The molecule has 0 radical (unpaired) electrons. The normalized spacial score (nSPS) is 20.1. The number of amides is 3. The number of nitrogens with zero attached hydrogens (tertiary/aromatic N) is 4. The van der Waals surface area contributed by atoms with E-state index in [1.807, 2.05) is 10.3 Å². The van der Waals surface area contributed by atoms with Gasteiger partial charge in [-0.15, -0.1) is 11.3 Å². The van der Waals surface area contributed by atoms with Gasteiger partial charge < -0.3 is 9.80 Å². The summed E-state index contributed by atoms with van der Waals surface area (Å²) in [5.41, 5.74) is 1.27. The Hall–Kier alpha value is -2.74. The number of carbonyl (C=O) groups is 3. The molecule has 30 heavy (non-hydrogen) atoms. The molecule has 3 aliphatic rings. The lowest BCUT2D eigenvalue weighted by molar-refractivity contribution is 0.0548. The topological polar surface area (TPSA) is 73.8 Å². The van der Waals surface area contributed by atoms with E-state index in [0.717, 1.165) is 50.3 Å². The number of fused-ring (bicyclic) bond motifs is 1. The summed E-state index contributed by atoms with van der Waals surface area (Å²) in [4.78, 5) is 48.6. The number of imide groups is 1. The molecule has 0 N–H and O–H groups in total. The first-order chi connectivity index (χ1) is 14.6. The molecule has 3 heterocycles. The molecule has 7 nitrogen and oxygen atoms in total. The second kappa shape index (κ2) is 7.83. The summed E-state index contributed by atoms with van der Waals surface area (Å²) in [6.45, 7) is 2.68. The van der Waals surface area contributed by atoms with E-state index < -0.39 is 0 Å². The Morgan fingerprint density at radius 2 is 1.70 bits per heavy atom. The molecule has 0 unspecified atom stereocenters. The monoisotopic (exact) mass is 424 g/mol. The zero-order chi connectivity index (χ0) is 20.7. The van der Waals surface area contributed by atoms with Gasteiger partial charge >= 0.3 is 0 Å². The Kier molecular flexibility index (Phi) is 5.02. The summed E-state index contributed by atoms with van der Waals surface area (Å²) < 4.78 is 0. The third kappa shape index (κ3) is 3.29. The van der Waals surface area contributed by atoms with E-state index in [2.05, 4.69) is 9.88 Å². The third-order valence-electron chi connectivity index (χ3n) is 6.36. The highest BCUT2D eigenvalue weighted by atomic mass is 32.1. The van der Waals surface area contributed by atoms with Crippen molar-refractivity contribution in [3.8, 4) is 0 Å². The number of benzene rings is 1. The Balaban J connectivity index is 1.31. The maximum absolute atomic E-state index is 13.0. The summed E-state index contributed by atoms with van der Waals surface area (Å²) in [6.07, 6.45) is 6.80. The van der Waals surface area contributed by atoms with E-state index in [0.29, 0.717) is 29.8 Å². The quantitative estimate of drug-likeness (QED) is 0.708. The Labute approximate surface area is 179 Å². The molecular weight excluding hydrogens is 400 g/mol. The van der Waals surface area contributed by atoms with Crippen LogP contribution in [0.15, 0.2) is 29.8 Å². The smallest absolute Gasteiger partial charge is 0.261 e. The van der Waals surface area contributed by atoms with Crippen molar-refractivity contribution in [1.29, 1.82) is 0 Å². The summed E-state index contributed by atoms with van der Waals surface area (Å²) in [6, 6.07) is 4.94. The number of hydrogen-bond donors (Lipinski definition) is 0. The van der Waals surface area contributed by atoms with Crippen molar-refractivity contribution in [2.24, 2.45) is 0 Å². The number of hydrogen-bond acceptors (Lipinski definition) is 6. The predicted octanol–water partition coefficient (Wildman–Crippen LogP) is 3.03. The molecule has 5 rings (SSSR count). The number of thiazole rings is 1. The fraction of sp³-hybridized carbons (Fsp3) is 0.455. The Morgan fingerprint density at radius 3 is 2.40 bits per heavy atom. The van der Waals surface area contributed by atoms with E-state index in [1.54, 1.807) is 35.7 Å². The molecule has 0 atom stereocenters. The van der Waals surface area contributed by atoms with E-state index in [-0.39, 0.29) is 23.8 Å². The highest BCUT2D eigenvalue weighted by Crippen LogP contribution is 2.31. The summed E-state index contributed by atoms with van der Waals surface area (Å²) in [5, 5.41) is 2.93. The highest BCUT2D eigenvalue weighted by Gasteiger charge is 2.40. The molecule has 1 aromatic carbocycles. The second-order valence-electron chi connectivity index (χ2n) is 8.13. The van der Waals surface area contributed by atoms with E-state index in [1.165, 1.54) is 4.90 Å². The van der Waals surface area contributed by atoms with Crippen molar-refractivity contribution < 1.29 is 14.4 Å². The average molecular weight is 425 g/mol. The van der Waals surface area contributed by atoms with Crippen LogP contribution in [0.4, 0.5) is 5.13 Å². The number of anilines is 1. The maximum atomic E-state index is 13.0. The molecule has 2 aliphatic heterocycles. The van der Waals surface area contributed by atoms with Gasteiger partial charge in [0.15, 0.2) is 5.13 Å². The Bertz CT molecular complexity index is 976. The van der Waals surface area contributed by atoms with Crippen molar-refractivity contribution >= 4 is 34.2 Å². The van der Waals surface area contributed by atoms with Crippen molar-refractivity contribution in [2.75, 3.05) is 31.1 Å². The van der Waals surface area contributed by atoms with Crippen LogP contribution in [0.1, 0.15) is 63.2 Å². The van der Waals surface area contributed by atoms with Gasteiger partial charge in [-0.2, -0.15) is 0 Å². The fourth-order valence-corrected chi connectivity index (χ4v) is 5.42. The molecule has 0 bridgehead atoms. The van der Waals surface area contributed by atoms with Gasteiger partial charge in [-0.3, -0.25) is 19.3 Å². The Morgan fingerprint density at radius 1 is 0.967 bits per heavy atom. The van der Waals surface area contributed by atoms with Crippen molar-refractivity contribution in [1.82, 2.24) is 14.8 Å².